The van der Waals surface area contributed by atoms with Crippen molar-refractivity contribution >= 4 is 10.1 Å². The number of hydrogen-bond donors (Lipinski definition) is 0. The topological polar surface area (TPSA) is 61.8 Å². The molecule has 1 atom stereocenters. The highest BCUT2D eigenvalue weighted by atomic mass is 32.2. The van der Waals surface area contributed by atoms with E-state index in [0.717, 1.165) is 11.1 Å². The molecule has 0 bridgehead atoms. The number of benzene rings is 3. The van der Waals surface area contributed by atoms with Crippen molar-refractivity contribution in [3.05, 3.63) is 95.8 Å². The van der Waals surface area contributed by atoms with E-state index in [1.54, 1.807) is 24.3 Å². The molecule has 0 aromatic heterocycles. The van der Waals surface area contributed by atoms with E-state index < -0.39 is 10.1 Å². The molecule has 0 aliphatic rings. The van der Waals surface area contributed by atoms with Gasteiger partial charge in [-0.25, -0.2) is 4.39 Å². The summed E-state index contributed by atoms with van der Waals surface area (Å²) in [6.07, 6.45) is 0.723. The molecule has 32 heavy (non-hydrogen) atoms. The zero-order valence-electron chi connectivity index (χ0n) is 17.9. The standard InChI is InChI=1S/C25H27FO5S/c1-20-9-15-25(16-10-20)32(27,28)31-17-5-8-24(29-18-21-6-3-2-4-7-21)19-30-23-13-11-22(26)12-14-23/h2-4,6-7,9-16,24H,5,8,17-19H2,1H3. The van der Waals surface area contributed by atoms with Gasteiger partial charge in [-0.1, -0.05) is 48.0 Å². The van der Waals surface area contributed by atoms with Crippen LogP contribution in [0.5, 0.6) is 5.75 Å². The Morgan fingerprint density at radius 1 is 0.906 bits per heavy atom. The molecule has 0 fully saturated rings. The van der Waals surface area contributed by atoms with Crippen LogP contribution < -0.4 is 4.74 Å². The van der Waals surface area contributed by atoms with E-state index in [2.05, 4.69) is 0 Å². The Morgan fingerprint density at radius 2 is 1.59 bits per heavy atom. The van der Waals surface area contributed by atoms with Gasteiger partial charge in [-0.15, -0.1) is 0 Å². The Hall–Kier alpha value is -2.74. The lowest BCUT2D eigenvalue weighted by atomic mass is 10.2. The van der Waals surface area contributed by atoms with Crippen LogP contribution in [0.3, 0.4) is 0 Å². The van der Waals surface area contributed by atoms with Gasteiger partial charge in [-0.05, 0) is 61.7 Å². The molecule has 3 rings (SSSR count). The largest absolute Gasteiger partial charge is 0.491 e. The first-order chi connectivity index (χ1) is 15.4. The van der Waals surface area contributed by atoms with Crippen molar-refractivity contribution in [2.45, 2.75) is 37.4 Å². The van der Waals surface area contributed by atoms with E-state index in [1.165, 1.54) is 24.3 Å². The Bertz CT molecular complexity index is 1050. The molecule has 0 aliphatic carbocycles. The van der Waals surface area contributed by atoms with Crippen LogP contribution in [-0.4, -0.2) is 27.7 Å². The summed E-state index contributed by atoms with van der Waals surface area (Å²) in [7, 11) is -3.80. The number of hydrogen-bond acceptors (Lipinski definition) is 5. The highest BCUT2D eigenvalue weighted by Gasteiger charge is 2.16. The zero-order chi connectivity index (χ0) is 22.8. The average molecular weight is 459 g/mol. The third-order valence-electron chi connectivity index (χ3n) is 4.80. The van der Waals surface area contributed by atoms with E-state index in [1.807, 2.05) is 37.3 Å². The fraction of sp³-hybridized carbons (Fsp3) is 0.280. The second kappa shape index (κ2) is 11.8. The first-order valence-corrected chi connectivity index (χ1v) is 11.8. The summed E-state index contributed by atoms with van der Waals surface area (Å²) in [6, 6.07) is 22.1. The predicted octanol–water partition coefficient (Wildman–Crippen LogP) is 5.28. The monoisotopic (exact) mass is 458 g/mol. The smallest absolute Gasteiger partial charge is 0.296 e. The summed E-state index contributed by atoms with van der Waals surface area (Å²) in [5.41, 5.74) is 2.00. The second-order valence-electron chi connectivity index (χ2n) is 7.41. The van der Waals surface area contributed by atoms with Crippen LogP contribution in [-0.2, 0) is 25.6 Å². The predicted molar refractivity (Wildman–Crippen MR) is 120 cm³/mol. The molecule has 0 saturated heterocycles. The summed E-state index contributed by atoms with van der Waals surface area (Å²) in [6.45, 7) is 2.59. The van der Waals surface area contributed by atoms with Crippen molar-refractivity contribution < 1.29 is 26.5 Å². The van der Waals surface area contributed by atoms with Crippen molar-refractivity contribution in [3.8, 4) is 5.75 Å². The van der Waals surface area contributed by atoms with Gasteiger partial charge in [0.25, 0.3) is 10.1 Å². The molecule has 3 aromatic rings. The van der Waals surface area contributed by atoms with Gasteiger partial charge in [0.15, 0.2) is 0 Å². The summed E-state index contributed by atoms with van der Waals surface area (Å²) in [5.74, 6) is 0.207. The summed E-state index contributed by atoms with van der Waals surface area (Å²) in [5, 5.41) is 0. The molecule has 0 N–H and O–H groups in total. The number of rotatable bonds is 12. The number of halogens is 1. The second-order valence-corrected chi connectivity index (χ2v) is 9.03. The van der Waals surface area contributed by atoms with Crippen LogP contribution in [0.4, 0.5) is 4.39 Å². The Balaban J connectivity index is 1.52. The minimum atomic E-state index is -3.80. The molecule has 5 nitrogen and oxygen atoms in total. The van der Waals surface area contributed by atoms with Gasteiger partial charge in [0, 0.05) is 0 Å². The SMILES string of the molecule is Cc1ccc(S(=O)(=O)OCCCC(COc2ccc(F)cc2)OCc2ccccc2)cc1. The van der Waals surface area contributed by atoms with Crippen molar-refractivity contribution in [2.24, 2.45) is 0 Å². The Morgan fingerprint density at radius 3 is 2.28 bits per heavy atom. The lowest BCUT2D eigenvalue weighted by molar-refractivity contribution is 0.00181. The summed E-state index contributed by atoms with van der Waals surface area (Å²) >= 11 is 0. The minimum Gasteiger partial charge on any atom is -0.491 e. The molecule has 0 aliphatic heterocycles. The van der Waals surface area contributed by atoms with Crippen LogP contribution in [0.1, 0.15) is 24.0 Å². The first-order valence-electron chi connectivity index (χ1n) is 10.4. The Kier molecular flexibility index (Phi) is 8.79. The third-order valence-corrected chi connectivity index (χ3v) is 6.12. The lowest BCUT2D eigenvalue weighted by Gasteiger charge is -2.19. The maximum absolute atomic E-state index is 13.1. The van der Waals surface area contributed by atoms with Gasteiger partial charge in [-0.2, -0.15) is 8.42 Å². The number of ether oxygens (including phenoxy) is 2. The molecule has 3 aromatic carbocycles. The number of aryl methyl sites for hydroxylation is 1. The average Bonchev–Trinajstić information content (AvgIpc) is 2.80. The van der Waals surface area contributed by atoms with Gasteiger partial charge >= 0.3 is 0 Å². The van der Waals surface area contributed by atoms with Gasteiger partial charge in [0.1, 0.15) is 18.2 Å². The quantitative estimate of drug-likeness (QED) is 0.273. The van der Waals surface area contributed by atoms with E-state index in [4.69, 9.17) is 13.7 Å². The molecule has 7 heteroatoms. The van der Waals surface area contributed by atoms with E-state index >= 15 is 0 Å². The normalized spacial score (nSPS) is 12.4. The molecule has 0 heterocycles. The summed E-state index contributed by atoms with van der Waals surface area (Å²) < 4.78 is 54.7. The van der Waals surface area contributed by atoms with Gasteiger partial charge < -0.3 is 9.47 Å². The molecule has 1 unspecified atom stereocenters. The molecule has 170 valence electrons. The highest BCUT2D eigenvalue weighted by molar-refractivity contribution is 7.86. The van der Waals surface area contributed by atoms with Gasteiger partial charge in [-0.3, -0.25) is 4.18 Å². The summed E-state index contributed by atoms with van der Waals surface area (Å²) in [4.78, 5) is 0.139. The maximum Gasteiger partial charge on any atom is 0.296 e. The fourth-order valence-corrected chi connectivity index (χ4v) is 3.92. The molecule has 0 radical (unpaired) electrons. The molecular weight excluding hydrogens is 431 g/mol. The molecule has 0 spiro atoms. The van der Waals surface area contributed by atoms with Crippen molar-refractivity contribution in [3.63, 3.8) is 0 Å². The van der Waals surface area contributed by atoms with E-state index in [0.29, 0.717) is 25.2 Å². The fourth-order valence-electron chi connectivity index (χ4n) is 2.98. The van der Waals surface area contributed by atoms with Crippen LogP contribution in [0.2, 0.25) is 0 Å². The van der Waals surface area contributed by atoms with Crippen LogP contribution >= 0.6 is 0 Å². The van der Waals surface area contributed by atoms with Crippen molar-refractivity contribution in [1.29, 1.82) is 0 Å². The van der Waals surface area contributed by atoms with Crippen LogP contribution in [0, 0.1) is 12.7 Å². The van der Waals surface area contributed by atoms with Crippen LogP contribution in [0.25, 0.3) is 0 Å². The highest BCUT2D eigenvalue weighted by Crippen LogP contribution is 2.16. The van der Waals surface area contributed by atoms with Gasteiger partial charge in [0.05, 0.1) is 24.2 Å². The third kappa shape index (κ3) is 7.75. The molecule has 0 saturated carbocycles. The van der Waals surface area contributed by atoms with Crippen molar-refractivity contribution in [2.75, 3.05) is 13.2 Å². The maximum atomic E-state index is 13.1. The van der Waals surface area contributed by atoms with Crippen molar-refractivity contribution in [1.82, 2.24) is 0 Å². The lowest BCUT2D eigenvalue weighted by Crippen LogP contribution is -2.22. The van der Waals surface area contributed by atoms with E-state index in [9.17, 15) is 12.8 Å². The molecule has 0 amide bonds. The zero-order valence-corrected chi connectivity index (χ0v) is 18.8. The Labute approximate surface area is 188 Å². The van der Waals surface area contributed by atoms with Crippen LogP contribution in [0.15, 0.2) is 83.8 Å². The molecular formula is C25H27FO5S. The van der Waals surface area contributed by atoms with Gasteiger partial charge in [0.2, 0.25) is 0 Å². The van der Waals surface area contributed by atoms with E-state index in [-0.39, 0.29) is 30.0 Å². The minimum absolute atomic E-state index is 0.0396. The first kappa shape index (κ1) is 23.9.